The highest BCUT2D eigenvalue weighted by molar-refractivity contribution is 6.40. The van der Waals surface area contributed by atoms with Crippen LogP contribution in [-0.4, -0.2) is 33.3 Å². The zero-order valence-corrected chi connectivity index (χ0v) is 24.1. The molecule has 0 saturated carbocycles. The monoisotopic (exact) mass is 594 g/mol. The molecular formula is C31H32Cl2N4O4. The number of amides is 2. The highest BCUT2D eigenvalue weighted by atomic mass is 35.5. The molecule has 1 aliphatic rings. The fourth-order valence-electron chi connectivity index (χ4n) is 4.90. The first kappa shape index (κ1) is 29.1. The average Bonchev–Trinajstić information content (AvgIpc) is 3.32. The van der Waals surface area contributed by atoms with Crippen LogP contribution in [0.15, 0.2) is 79.1 Å². The van der Waals surface area contributed by atoms with Crippen molar-refractivity contribution in [3.05, 3.63) is 112 Å². The summed E-state index contributed by atoms with van der Waals surface area (Å²) in [5.74, 6) is 0. The second-order valence-electron chi connectivity index (χ2n) is 9.82. The Morgan fingerprint density at radius 1 is 1.00 bits per heavy atom. The van der Waals surface area contributed by atoms with Gasteiger partial charge in [0.1, 0.15) is 5.15 Å². The Kier molecular flexibility index (Phi) is 9.59. The first-order chi connectivity index (χ1) is 19.9. The van der Waals surface area contributed by atoms with Gasteiger partial charge < -0.3 is 29.8 Å². The summed E-state index contributed by atoms with van der Waals surface area (Å²) in [6.45, 7) is 3.32. The molecule has 41 heavy (non-hydrogen) atoms. The average molecular weight is 596 g/mol. The van der Waals surface area contributed by atoms with E-state index in [1.165, 1.54) is 0 Å². The lowest BCUT2D eigenvalue weighted by Crippen LogP contribution is -2.34. The predicted molar refractivity (Wildman–Crippen MR) is 158 cm³/mol. The van der Waals surface area contributed by atoms with Crippen LogP contribution in [0.25, 0.3) is 11.1 Å². The van der Waals surface area contributed by atoms with E-state index in [0.29, 0.717) is 31.2 Å². The van der Waals surface area contributed by atoms with E-state index in [9.17, 15) is 9.90 Å². The molecule has 4 aromatic rings. The van der Waals surface area contributed by atoms with Crippen LogP contribution in [0, 0.1) is 0 Å². The summed E-state index contributed by atoms with van der Waals surface area (Å²) in [7, 11) is 0. The SMILES string of the molecule is CCNC(=O)NCc1ccccc1-c1ccc([C@@H]2O[C@H](Cn3cnc(Cl)c3Cl)C[C@H](c3ccc(CO)cc3)O2)cc1. The molecule has 0 radical (unpaired) electrons. The zero-order valence-electron chi connectivity index (χ0n) is 22.6. The number of benzene rings is 3. The highest BCUT2D eigenvalue weighted by Gasteiger charge is 2.33. The topological polar surface area (TPSA) is 97.6 Å². The van der Waals surface area contributed by atoms with Gasteiger partial charge in [-0.05, 0) is 34.7 Å². The van der Waals surface area contributed by atoms with Crippen molar-refractivity contribution in [2.45, 2.75) is 51.5 Å². The minimum Gasteiger partial charge on any atom is -0.392 e. The van der Waals surface area contributed by atoms with E-state index in [1.54, 1.807) is 10.9 Å². The van der Waals surface area contributed by atoms with Crippen molar-refractivity contribution in [3.8, 4) is 11.1 Å². The van der Waals surface area contributed by atoms with Crippen LogP contribution in [0.2, 0.25) is 10.3 Å². The number of nitrogens with one attached hydrogen (secondary N) is 2. The lowest BCUT2D eigenvalue weighted by atomic mass is 9.97. The van der Waals surface area contributed by atoms with E-state index in [0.717, 1.165) is 33.4 Å². The molecule has 2 amide bonds. The van der Waals surface area contributed by atoms with Crippen LogP contribution in [0.1, 0.15) is 48.0 Å². The van der Waals surface area contributed by atoms with Crippen molar-refractivity contribution in [1.82, 2.24) is 20.2 Å². The number of hydrogen-bond acceptors (Lipinski definition) is 5. The first-order valence-electron chi connectivity index (χ1n) is 13.5. The number of aliphatic hydroxyl groups excluding tert-OH is 1. The fraction of sp³-hybridized carbons (Fsp3) is 0.290. The second-order valence-corrected chi connectivity index (χ2v) is 10.5. The van der Waals surface area contributed by atoms with Crippen molar-refractivity contribution in [3.63, 3.8) is 0 Å². The maximum absolute atomic E-state index is 11.9. The van der Waals surface area contributed by atoms with Gasteiger partial charge in [0.2, 0.25) is 0 Å². The number of aliphatic hydroxyl groups is 1. The molecular weight excluding hydrogens is 563 g/mol. The summed E-state index contributed by atoms with van der Waals surface area (Å²) in [6.07, 6.45) is 1.14. The molecule has 1 fully saturated rings. The molecule has 1 aromatic heterocycles. The molecule has 1 aliphatic heterocycles. The molecule has 1 saturated heterocycles. The number of urea groups is 1. The number of carbonyl (C=O) groups is 1. The minimum absolute atomic E-state index is 0.0163. The van der Waals surface area contributed by atoms with Crippen molar-refractivity contribution < 1.29 is 19.4 Å². The Hall–Kier alpha value is -3.40. The van der Waals surface area contributed by atoms with E-state index < -0.39 is 6.29 Å². The van der Waals surface area contributed by atoms with Crippen LogP contribution in [0.5, 0.6) is 0 Å². The molecule has 2 heterocycles. The van der Waals surface area contributed by atoms with Crippen LogP contribution in [0.4, 0.5) is 4.79 Å². The Labute approximate surface area is 249 Å². The van der Waals surface area contributed by atoms with Crippen molar-refractivity contribution in [2.75, 3.05) is 6.54 Å². The number of halogens is 2. The quantitative estimate of drug-likeness (QED) is 0.208. The Morgan fingerprint density at radius 3 is 2.41 bits per heavy atom. The maximum atomic E-state index is 11.9. The van der Waals surface area contributed by atoms with Gasteiger partial charge in [-0.1, -0.05) is 96.0 Å². The normalized spacial score (nSPS) is 18.7. The fourth-order valence-corrected chi connectivity index (χ4v) is 5.21. The first-order valence-corrected chi connectivity index (χ1v) is 14.3. The molecule has 3 aromatic carbocycles. The van der Waals surface area contributed by atoms with Gasteiger partial charge in [0, 0.05) is 25.1 Å². The smallest absolute Gasteiger partial charge is 0.315 e. The number of imidazole rings is 1. The van der Waals surface area contributed by atoms with Crippen LogP contribution < -0.4 is 10.6 Å². The van der Waals surface area contributed by atoms with E-state index in [4.69, 9.17) is 32.7 Å². The number of rotatable bonds is 9. The standard InChI is InChI=1S/C31H32Cl2N4O4/c1-2-34-31(39)35-16-24-5-3-4-6-26(24)21-11-13-23(14-12-21)30-40-25(17-37-19-36-28(32)29(37)33)15-27(41-30)22-9-7-20(18-38)8-10-22/h3-14,19,25,27,30,38H,2,15-18H2,1H3,(H2,34,35,39)/t25-,27+,30+/m0/s1. The Morgan fingerprint density at radius 2 is 1.73 bits per heavy atom. The number of nitrogens with zero attached hydrogens (tertiary/aromatic N) is 2. The lowest BCUT2D eigenvalue weighted by molar-refractivity contribution is -0.252. The number of aromatic nitrogens is 2. The molecule has 0 aliphatic carbocycles. The van der Waals surface area contributed by atoms with Gasteiger partial charge in [-0.25, -0.2) is 9.78 Å². The van der Waals surface area contributed by atoms with Crippen molar-refractivity contribution >= 4 is 29.2 Å². The molecule has 3 atom stereocenters. The third-order valence-electron chi connectivity index (χ3n) is 7.04. The third kappa shape index (κ3) is 7.09. The van der Waals surface area contributed by atoms with Gasteiger partial charge in [0.25, 0.3) is 0 Å². The number of hydrogen-bond donors (Lipinski definition) is 3. The highest BCUT2D eigenvalue weighted by Crippen LogP contribution is 2.39. The summed E-state index contributed by atoms with van der Waals surface area (Å²) in [6, 6.07) is 23.6. The van der Waals surface area contributed by atoms with Crippen molar-refractivity contribution in [2.24, 2.45) is 0 Å². The molecule has 214 valence electrons. The summed E-state index contributed by atoms with van der Waals surface area (Å²) in [4.78, 5) is 16.0. The van der Waals surface area contributed by atoms with Crippen LogP contribution in [-0.2, 0) is 29.2 Å². The van der Waals surface area contributed by atoms with E-state index in [1.807, 2.05) is 79.7 Å². The molecule has 0 spiro atoms. The molecule has 0 bridgehead atoms. The van der Waals surface area contributed by atoms with Gasteiger partial charge in [-0.2, -0.15) is 0 Å². The van der Waals surface area contributed by atoms with E-state index >= 15 is 0 Å². The van der Waals surface area contributed by atoms with Crippen LogP contribution in [0.3, 0.4) is 0 Å². The van der Waals surface area contributed by atoms with E-state index in [-0.39, 0.29) is 30.0 Å². The van der Waals surface area contributed by atoms with Gasteiger partial charge in [0.05, 0.1) is 31.7 Å². The van der Waals surface area contributed by atoms with Crippen LogP contribution >= 0.6 is 23.2 Å². The Bertz CT molecular complexity index is 1460. The maximum Gasteiger partial charge on any atom is 0.315 e. The van der Waals surface area contributed by atoms with Crippen molar-refractivity contribution in [1.29, 1.82) is 0 Å². The summed E-state index contributed by atoms with van der Waals surface area (Å²) < 4.78 is 14.7. The van der Waals surface area contributed by atoms with Gasteiger partial charge >= 0.3 is 6.03 Å². The molecule has 10 heteroatoms. The predicted octanol–water partition coefficient (Wildman–Crippen LogP) is 6.41. The summed E-state index contributed by atoms with van der Waals surface area (Å²) in [5.41, 5.74) is 5.78. The lowest BCUT2D eigenvalue weighted by Gasteiger charge is -2.36. The molecule has 8 nitrogen and oxygen atoms in total. The Balaban J connectivity index is 1.37. The van der Waals surface area contributed by atoms with Gasteiger partial charge in [-0.15, -0.1) is 0 Å². The molecule has 0 unspecified atom stereocenters. The second kappa shape index (κ2) is 13.5. The zero-order chi connectivity index (χ0) is 28.8. The molecule has 3 N–H and O–H groups in total. The summed E-state index contributed by atoms with van der Waals surface area (Å²) in [5, 5.41) is 15.7. The largest absolute Gasteiger partial charge is 0.392 e. The third-order valence-corrected chi connectivity index (χ3v) is 7.81. The number of carbonyl (C=O) groups excluding carboxylic acids is 1. The minimum atomic E-state index is -0.613. The van der Waals surface area contributed by atoms with E-state index in [2.05, 4.69) is 15.6 Å². The van der Waals surface area contributed by atoms with Gasteiger partial charge in [-0.3, -0.25) is 0 Å². The number of ether oxygens (including phenoxy) is 2. The summed E-state index contributed by atoms with van der Waals surface area (Å²) >= 11 is 12.4. The van der Waals surface area contributed by atoms with Gasteiger partial charge in [0.15, 0.2) is 11.4 Å². The molecule has 5 rings (SSSR count).